The first-order chi connectivity index (χ1) is 16.1. The number of allylic oxidation sites excluding steroid dienone is 1. The van der Waals surface area contributed by atoms with Crippen LogP contribution in [0.4, 0.5) is 0 Å². The molecule has 1 aromatic rings. The minimum Gasteiger partial charge on any atom is -0.392 e. The van der Waals surface area contributed by atoms with Crippen LogP contribution >= 0.6 is 0 Å². The average molecular weight is 468 g/mol. The van der Waals surface area contributed by atoms with Crippen LogP contribution in [-0.4, -0.2) is 56.8 Å². The van der Waals surface area contributed by atoms with Crippen LogP contribution in [0.25, 0.3) is 0 Å². The van der Waals surface area contributed by atoms with E-state index < -0.39 is 35.1 Å². The van der Waals surface area contributed by atoms with Gasteiger partial charge in [0.15, 0.2) is 0 Å². The summed E-state index contributed by atoms with van der Waals surface area (Å²) in [6.45, 7) is 5.28. The monoisotopic (exact) mass is 467 g/mol. The van der Waals surface area contributed by atoms with Crippen LogP contribution in [0.5, 0.6) is 0 Å². The van der Waals surface area contributed by atoms with Crippen LogP contribution in [0.3, 0.4) is 0 Å². The minimum absolute atomic E-state index is 0.163. The predicted octanol–water partition coefficient (Wildman–Crippen LogP) is 2.28. The standard InChI is InChI=1S/C28H37NO5/c1-17-8-7-11-21-25(32)20(16-30)18(2)24-22(14-19-9-5-4-6-10-19)29-26(33)28(21,24)23(31)12-13-27(3,34)15-17/h4-7,9-13,17,21-25,30-32,34H,8,14-16H2,1-3H3,(H,29,33)/t17-,21-,22-,23+,24-,25+,27-,28+/m0/s1. The molecule has 0 bridgehead atoms. The van der Waals surface area contributed by atoms with Gasteiger partial charge in [0.2, 0.25) is 5.91 Å². The smallest absolute Gasteiger partial charge is 0.230 e. The van der Waals surface area contributed by atoms with E-state index in [1.807, 2.05) is 56.3 Å². The topological polar surface area (TPSA) is 110 Å². The molecule has 1 aromatic carbocycles. The highest BCUT2D eigenvalue weighted by molar-refractivity contribution is 5.89. The number of benzene rings is 1. The van der Waals surface area contributed by atoms with E-state index in [9.17, 15) is 25.2 Å². The van der Waals surface area contributed by atoms with Gasteiger partial charge in [0.25, 0.3) is 0 Å². The van der Waals surface area contributed by atoms with Gasteiger partial charge in [-0.05, 0) is 50.2 Å². The van der Waals surface area contributed by atoms with E-state index in [0.717, 1.165) is 11.1 Å². The molecule has 0 unspecified atom stereocenters. The number of amides is 1. The Hall–Kier alpha value is -2.25. The van der Waals surface area contributed by atoms with Crippen molar-refractivity contribution in [3.05, 3.63) is 71.3 Å². The summed E-state index contributed by atoms with van der Waals surface area (Å²) in [5.41, 5.74) is -0.192. The number of aliphatic hydroxyl groups excluding tert-OH is 3. The zero-order valence-corrected chi connectivity index (χ0v) is 20.2. The number of hydrogen-bond acceptors (Lipinski definition) is 5. The van der Waals surface area contributed by atoms with Crippen LogP contribution in [0, 0.1) is 23.2 Å². The Bertz CT molecular complexity index is 997. The fourth-order valence-corrected chi connectivity index (χ4v) is 6.59. The number of rotatable bonds is 3. The van der Waals surface area contributed by atoms with Gasteiger partial charge in [0, 0.05) is 17.9 Å². The van der Waals surface area contributed by atoms with Crippen LogP contribution in [0.15, 0.2) is 65.8 Å². The summed E-state index contributed by atoms with van der Waals surface area (Å²) in [5, 5.41) is 47.2. The quantitative estimate of drug-likeness (QED) is 0.438. The van der Waals surface area contributed by atoms with Crippen molar-refractivity contribution in [3.63, 3.8) is 0 Å². The summed E-state index contributed by atoms with van der Waals surface area (Å²) in [5.74, 6) is -1.31. The molecule has 4 rings (SSSR count). The Morgan fingerprint density at radius 3 is 2.53 bits per heavy atom. The second-order valence-electron chi connectivity index (χ2n) is 10.7. The third-order valence-corrected chi connectivity index (χ3v) is 8.09. The molecule has 0 saturated carbocycles. The second-order valence-corrected chi connectivity index (χ2v) is 10.7. The van der Waals surface area contributed by atoms with Gasteiger partial charge in [0.1, 0.15) is 0 Å². The number of carbonyl (C=O) groups is 1. The molecule has 184 valence electrons. The van der Waals surface area contributed by atoms with Gasteiger partial charge in [0.05, 0.1) is 29.8 Å². The molecule has 2 aliphatic carbocycles. The van der Waals surface area contributed by atoms with Crippen LogP contribution in [0.1, 0.15) is 39.2 Å². The number of carbonyl (C=O) groups excluding carboxylic acids is 1. The lowest BCUT2D eigenvalue weighted by Gasteiger charge is -2.49. The molecule has 0 radical (unpaired) electrons. The Kier molecular flexibility index (Phi) is 6.89. The summed E-state index contributed by atoms with van der Waals surface area (Å²) in [6.07, 6.45) is 6.30. The van der Waals surface area contributed by atoms with Crippen molar-refractivity contribution in [1.29, 1.82) is 0 Å². The summed E-state index contributed by atoms with van der Waals surface area (Å²) in [7, 11) is 0. The molecule has 6 heteroatoms. The van der Waals surface area contributed by atoms with E-state index in [0.29, 0.717) is 24.8 Å². The van der Waals surface area contributed by atoms with Crippen molar-refractivity contribution >= 4 is 5.91 Å². The second kappa shape index (κ2) is 9.42. The first-order valence-corrected chi connectivity index (χ1v) is 12.2. The van der Waals surface area contributed by atoms with Crippen LogP contribution < -0.4 is 5.32 Å². The number of hydrogen-bond donors (Lipinski definition) is 5. The predicted molar refractivity (Wildman–Crippen MR) is 131 cm³/mol. The normalized spacial score (nSPS) is 40.4. The zero-order chi connectivity index (χ0) is 24.7. The first kappa shape index (κ1) is 24.9. The van der Waals surface area contributed by atoms with Gasteiger partial charge in [-0.15, -0.1) is 0 Å². The highest BCUT2D eigenvalue weighted by atomic mass is 16.3. The van der Waals surface area contributed by atoms with Gasteiger partial charge in [-0.3, -0.25) is 4.79 Å². The van der Waals surface area contributed by atoms with Crippen LogP contribution in [0.2, 0.25) is 0 Å². The van der Waals surface area contributed by atoms with E-state index in [4.69, 9.17) is 0 Å². The maximum atomic E-state index is 13.8. The van der Waals surface area contributed by atoms with Gasteiger partial charge >= 0.3 is 0 Å². The summed E-state index contributed by atoms with van der Waals surface area (Å²) in [4.78, 5) is 13.8. The zero-order valence-electron chi connectivity index (χ0n) is 20.2. The average Bonchev–Trinajstić information content (AvgIpc) is 3.06. The Labute approximate surface area is 201 Å². The summed E-state index contributed by atoms with van der Waals surface area (Å²) >= 11 is 0. The molecule has 1 heterocycles. The van der Waals surface area contributed by atoms with Crippen molar-refractivity contribution in [1.82, 2.24) is 5.32 Å². The summed E-state index contributed by atoms with van der Waals surface area (Å²) in [6, 6.07) is 9.54. The molecule has 5 N–H and O–H groups in total. The molecule has 1 aliphatic heterocycles. The Balaban J connectivity index is 1.89. The maximum Gasteiger partial charge on any atom is 0.230 e. The molecule has 6 nitrogen and oxygen atoms in total. The minimum atomic E-state index is -1.36. The van der Waals surface area contributed by atoms with Crippen molar-refractivity contribution in [2.45, 2.75) is 63.9 Å². The van der Waals surface area contributed by atoms with Gasteiger partial charge in [-0.25, -0.2) is 0 Å². The molecule has 3 aliphatic rings. The van der Waals surface area contributed by atoms with Crippen molar-refractivity contribution in [2.75, 3.05) is 6.61 Å². The van der Waals surface area contributed by atoms with E-state index in [1.165, 1.54) is 6.08 Å². The Morgan fingerprint density at radius 1 is 1.15 bits per heavy atom. The lowest BCUT2D eigenvalue weighted by atomic mass is 9.54. The lowest BCUT2D eigenvalue weighted by Crippen LogP contribution is -2.57. The Morgan fingerprint density at radius 2 is 1.85 bits per heavy atom. The highest BCUT2D eigenvalue weighted by Gasteiger charge is 2.66. The third kappa shape index (κ3) is 4.17. The molecule has 1 amide bonds. The van der Waals surface area contributed by atoms with E-state index in [2.05, 4.69) is 5.32 Å². The van der Waals surface area contributed by atoms with Gasteiger partial charge < -0.3 is 25.7 Å². The molecule has 8 atom stereocenters. The fourth-order valence-electron chi connectivity index (χ4n) is 6.59. The number of nitrogens with one attached hydrogen (secondary N) is 1. The molecule has 1 spiro atoms. The van der Waals surface area contributed by atoms with Crippen molar-refractivity contribution in [3.8, 4) is 0 Å². The van der Waals surface area contributed by atoms with Gasteiger partial charge in [-0.2, -0.15) is 0 Å². The van der Waals surface area contributed by atoms with Crippen molar-refractivity contribution in [2.24, 2.45) is 23.2 Å². The van der Waals surface area contributed by atoms with E-state index in [1.54, 1.807) is 13.0 Å². The largest absolute Gasteiger partial charge is 0.392 e. The first-order valence-electron chi connectivity index (χ1n) is 12.2. The fraction of sp³-hybridized carbons (Fsp3) is 0.536. The molecule has 0 aromatic heterocycles. The highest BCUT2D eigenvalue weighted by Crippen LogP contribution is 2.56. The molecule has 1 fully saturated rings. The number of aliphatic hydroxyl groups is 4. The van der Waals surface area contributed by atoms with Gasteiger partial charge in [-0.1, -0.05) is 67.1 Å². The molecular formula is C28H37NO5. The summed E-state index contributed by atoms with van der Waals surface area (Å²) < 4.78 is 0. The van der Waals surface area contributed by atoms with E-state index in [-0.39, 0.29) is 24.5 Å². The molecular weight excluding hydrogens is 430 g/mol. The molecule has 1 saturated heterocycles. The van der Waals surface area contributed by atoms with Crippen LogP contribution in [-0.2, 0) is 11.2 Å². The lowest BCUT2D eigenvalue weighted by molar-refractivity contribution is -0.142. The SMILES string of the molecule is CC1=C(CO)[C@@H](O)[C@@H]2C=CC[C@H](C)C[C@@](C)(O)C=C[C@@H](O)[C@]23C(=O)N[C@@H](Cc2ccccc2)[C@H]13. The van der Waals surface area contributed by atoms with E-state index >= 15 is 0 Å². The third-order valence-electron chi connectivity index (χ3n) is 8.09. The van der Waals surface area contributed by atoms with Crippen molar-refractivity contribution < 1.29 is 25.2 Å². The molecule has 34 heavy (non-hydrogen) atoms. The maximum absolute atomic E-state index is 13.8.